The molecule has 3 aromatic rings. The monoisotopic (exact) mass is 376 g/mol. The van der Waals surface area contributed by atoms with E-state index in [1.54, 1.807) is 11.6 Å². The Morgan fingerprint density at radius 3 is 2.62 bits per heavy atom. The lowest BCUT2D eigenvalue weighted by molar-refractivity contribution is 0.113. The van der Waals surface area contributed by atoms with Crippen molar-refractivity contribution >= 4 is 22.9 Å². The number of hydrogen-bond acceptors (Lipinski definition) is 6. The van der Waals surface area contributed by atoms with Crippen LogP contribution in [0.5, 0.6) is 0 Å². The number of nitrogens with one attached hydrogen (secondary N) is 1. The number of aromatic amines is 1. The second-order valence-corrected chi connectivity index (χ2v) is 7.09. The van der Waals surface area contributed by atoms with Gasteiger partial charge in [-0.3, -0.25) is 14.3 Å². The van der Waals surface area contributed by atoms with Crippen molar-refractivity contribution in [3.8, 4) is 0 Å². The lowest BCUT2D eigenvalue weighted by atomic mass is 10.1. The fraction of sp³-hybridized carbons (Fsp3) is 0.353. The number of aliphatic hydroxyl groups excluding tert-OH is 2. The van der Waals surface area contributed by atoms with Crippen LogP contribution in [0.25, 0.3) is 11.2 Å². The number of nitrogens with zero attached hydrogens (tertiary/aromatic N) is 3. The average molecular weight is 376 g/mol. The van der Waals surface area contributed by atoms with E-state index >= 15 is 0 Å². The Morgan fingerprint density at radius 2 is 1.96 bits per heavy atom. The standard InChI is InChI=1S/C17H20N4O4S/c1-10-3-5-11(6-4-10)7-21-13-14(20(2)16(25)19-15(13)24)18-17(21)26-9-12(23)8-22/h3-6,12,22-23H,7-9H2,1-2H3,(H,19,24,25). The Morgan fingerprint density at radius 1 is 1.27 bits per heavy atom. The van der Waals surface area contributed by atoms with Gasteiger partial charge in [-0.15, -0.1) is 0 Å². The number of benzene rings is 1. The molecule has 0 radical (unpaired) electrons. The molecule has 0 saturated carbocycles. The summed E-state index contributed by atoms with van der Waals surface area (Å²) >= 11 is 1.22. The first kappa shape index (κ1) is 18.4. The van der Waals surface area contributed by atoms with E-state index in [1.807, 2.05) is 31.2 Å². The number of H-pyrrole nitrogens is 1. The van der Waals surface area contributed by atoms with Crippen LogP contribution in [0.1, 0.15) is 11.1 Å². The molecular formula is C17H20N4O4S. The maximum absolute atomic E-state index is 12.4. The summed E-state index contributed by atoms with van der Waals surface area (Å²) in [4.78, 5) is 31.0. The Bertz CT molecular complexity index is 1040. The van der Waals surface area contributed by atoms with Gasteiger partial charge < -0.3 is 14.8 Å². The van der Waals surface area contributed by atoms with Crippen LogP contribution in [0.2, 0.25) is 0 Å². The molecule has 26 heavy (non-hydrogen) atoms. The predicted molar refractivity (Wildman–Crippen MR) is 99.7 cm³/mol. The Hall–Kier alpha value is -2.36. The van der Waals surface area contributed by atoms with Crippen molar-refractivity contribution in [1.29, 1.82) is 0 Å². The van der Waals surface area contributed by atoms with E-state index in [-0.39, 0.29) is 18.0 Å². The van der Waals surface area contributed by atoms with E-state index in [9.17, 15) is 14.7 Å². The van der Waals surface area contributed by atoms with Crippen molar-refractivity contribution in [3.05, 3.63) is 56.2 Å². The molecular weight excluding hydrogens is 356 g/mol. The summed E-state index contributed by atoms with van der Waals surface area (Å²) in [5, 5.41) is 19.1. The summed E-state index contributed by atoms with van der Waals surface area (Å²) in [6.07, 6.45) is -0.894. The summed E-state index contributed by atoms with van der Waals surface area (Å²) in [7, 11) is 1.54. The van der Waals surface area contributed by atoms with E-state index in [0.717, 1.165) is 11.1 Å². The third-order valence-electron chi connectivity index (χ3n) is 4.05. The smallest absolute Gasteiger partial charge is 0.329 e. The summed E-state index contributed by atoms with van der Waals surface area (Å²) in [5.41, 5.74) is 1.66. The zero-order chi connectivity index (χ0) is 18.8. The number of hydrogen-bond donors (Lipinski definition) is 3. The van der Waals surface area contributed by atoms with Crippen LogP contribution in [0.3, 0.4) is 0 Å². The van der Waals surface area contributed by atoms with Crippen molar-refractivity contribution in [3.63, 3.8) is 0 Å². The second kappa shape index (κ2) is 7.48. The van der Waals surface area contributed by atoms with Crippen molar-refractivity contribution in [2.24, 2.45) is 7.05 Å². The largest absolute Gasteiger partial charge is 0.394 e. The maximum atomic E-state index is 12.4. The Balaban J connectivity index is 2.12. The van der Waals surface area contributed by atoms with Crippen molar-refractivity contribution in [1.82, 2.24) is 19.1 Å². The van der Waals surface area contributed by atoms with Gasteiger partial charge in [0.05, 0.1) is 19.3 Å². The number of aromatic nitrogens is 4. The van der Waals surface area contributed by atoms with Gasteiger partial charge in [0.15, 0.2) is 16.3 Å². The normalized spacial score (nSPS) is 12.6. The fourth-order valence-corrected chi connectivity index (χ4v) is 3.48. The van der Waals surface area contributed by atoms with E-state index in [2.05, 4.69) is 9.97 Å². The van der Waals surface area contributed by atoms with E-state index in [1.165, 1.54) is 16.3 Å². The highest BCUT2D eigenvalue weighted by molar-refractivity contribution is 7.99. The molecule has 0 saturated heterocycles. The quantitative estimate of drug-likeness (QED) is 0.531. The molecule has 0 aliphatic heterocycles. The van der Waals surface area contributed by atoms with Crippen molar-refractivity contribution in [2.75, 3.05) is 12.4 Å². The first-order chi connectivity index (χ1) is 12.4. The number of imidazole rings is 1. The molecule has 1 unspecified atom stereocenters. The SMILES string of the molecule is Cc1ccc(Cn2c(SCC(O)CO)nc3c2c(=O)[nH]c(=O)n3C)cc1. The number of fused-ring (bicyclic) bond motifs is 1. The topological polar surface area (TPSA) is 113 Å². The van der Waals surface area contributed by atoms with Gasteiger partial charge in [-0.25, -0.2) is 9.78 Å². The fourth-order valence-electron chi connectivity index (χ4n) is 2.57. The molecule has 0 amide bonds. The molecule has 9 heteroatoms. The van der Waals surface area contributed by atoms with Crippen LogP contribution < -0.4 is 11.2 Å². The highest BCUT2D eigenvalue weighted by Gasteiger charge is 2.18. The van der Waals surface area contributed by atoms with E-state index in [0.29, 0.717) is 17.2 Å². The molecule has 3 rings (SSSR count). The highest BCUT2D eigenvalue weighted by atomic mass is 32.2. The molecule has 2 heterocycles. The minimum absolute atomic E-state index is 0.222. The number of aryl methyl sites for hydroxylation is 2. The Kier molecular flexibility index (Phi) is 5.30. The van der Waals surface area contributed by atoms with Crippen LogP contribution in [0.4, 0.5) is 0 Å². The first-order valence-corrected chi connectivity index (χ1v) is 9.06. The first-order valence-electron chi connectivity index (χ1n) is 8.07. The molecule has 2 aromatic heterocycles. The van der Waals surface area contributed by atoms with Gasteiger partial charge in [-0.2, -0.15) is 0 Å². The Labute approximate surface area is 153 Å². The lowest BCUT2D eigenvalue weighted by Crippen LogP contribution is -2.29. The third-order valence-corrected chi connectivity index (χ3v) is 5.17. The van der Waals surface area contributed by atoms with Crippen LogP contribution >= 0.6 is 11.8 Å². The second-order valence-electron chi connectivity index (χ2n) is 6.10. The molecule has 8 nitrogen and oxygen atoms in total. The predicted octanol–water partition coefficient (Wildman–Crippen LogP) is 0.225. The van der Waals surface area contributed by atoms with Gasteiger partial charge in [0.1, 0.15) is 0 Å². The number of thioether (sulfide) groups is 1. The van der Waals surface area contributed by atoms with Crippen LogP contribution in [-0.2, 0) is 13.6 Å². The molecule has 1 aromatic carbocycles. The molecule has 0 aliphatic rings. The molecule has 0 bridgehead atoms. The van der Waals surface area contributed by atoms with E-state index in [4.69, 9.17) is 5.11 Å². The summed E-state index contributed by atoms with van der Waals surface area (Å²) in [6, 6.07) is 7.90. The highest BCUT2D eigenvalue weighted by Crippen LogP contribution is 2.23. The van der Waals surface area contributed by atoms with Gasteiger partial charge in [-0.05, 0) is 12.5 Å². The van der Waals surface area contributed by atoms with Crippen LogP contribution in [0.15, 0.2) is 39.0 Å². The lowest BCUT2D eigenvalue weighted by Gasteiger charge is -2.10. The minimum atomic E-state index is -0.894. The third kappa shape index (κ3) is 3.59. The number of aliphatic hydroxyl groups is 2. The summed E-state index contributed by atoms with van der Waals surface area (Å²) in [6.45, 7) is 2.04. The van der Waals surface area contributed by atoms with Gasteiger partial charge in [0, 0.05) is 12.8 Å². The van der Waals surface area contributed by atoms with Gasteiger partial charge in [0.2, 0.25) is 0 Å². The summed E-state index contributed by atoms with van der Waals surface area (Å²) < 4.78 is 3.02. The van der Waals surface area contributed by atoms with Crippen molar-refractivity contribution < 1.29 is 10.2 Å². The molecule has 0 spiro atoms. The zero-order valence-electron chi connectivity index (χ0n) is 14.5. The van der Waals surface area contributed by atoms with Crippen LogP contribution in [0, 0.1) is 6.92 Å². The molecule has 0 aliphatic carbocycles. The molecule has 1 atom stereocenters. The molecule has 138 valence electrons. The molecule has 0 fully saturated rings. The van der Waals surface area contributed by atoms with Crippen LogP contribution in [-0.4, -0.2) is 47.8 Å². The minimum Gasteiger partial charge on any atom is -0.394 e. The maximum Gasteiger partial charge on any atom is 0.329 e. The van der Waals surface area contributed by atoms with Gasteiger partial charge in [0.25, 0.3) is 5.56 Å². The average Bonchev–Trinajstić information content (AvgIpc) is 2.98. The zero-order valence-corrected chi connectivity index (χ0v) is 15.3. The number of rotatable bonds is 6. The van der Waals surface area contributed by atoms with Crippen molar-refractivity contribution in [2.45, 2.75) is 24.7 Å². The van der Waals surface area contributed by atoms with E-state index < -0.39 is 17.4 Å². The molecule has 3 N–H and O–H groups in total. The van der Waals surface area contributed by atoms with Gasteiger partial charge >= 0.3 is 5.69 Å². The summed E-state index contributed by atoms with van der Waals surface area (Å²) in [5.74, 6) is 0.222. The van der Waals surface area contributed by atoms with Gasteiger partial charge in [-0.1, -0.05) is 41.6 Å².